The molecule has 0 spiro atoms. The highest BCUT2D eigenvalue weighted by Gasteiger charge is 2.22. The third-order valence-electron chi connectivity index (χ3n) is 3.92. The molecule has 0 saturated carbocycles. The number of amides is 2. The minimum Gasteiger partial charge on any atom is -0.450 e. The molecular weight excluding hydrogens is 299 g/mol. The number of halogens is 1. The highest BCUT2D eigenvalue weighted by Crippen LogP contribution is 2.10. The van der Waals surface area contributed by atoms with E-state index in [0.717, 1.165) is 12.0 Å². The molecule has 0 aromatic heterocycles. The fourth-order valence-electron chi connectivity index (χ4n) is 2.62. The largest absolute Gasteiger partial charge is 0.450 e. The van der Waals surface area contributed by atoms with Crippen LogP contribution in [0.2, 0.25) is 0 Å². The Balaban J connectivity index is 1.81. The fraction of sp³-hybridized carbons (Fsp3) is 0.529. The van der Waals surface area contributed by atoms with E-state index in [9.17, 15) is 14.0 Å². The van der Waals surface area contributed by atoms with Gasteiger partial charge in [0.1, 0.15) is 5.82 Å². The van der Waals surface area contributed by atoms with Gasteiger partial charge < -0.3 is 14.5 Å². The van der Waals surface area contributed by atoms with E-state index in [4.69, 9.17) is 4.74 Å². The summed E-state index contributed by atoms with van der Waals surface area (Å²) in [6.45, 7) is 4.43. The highest BCUT2D eigenvalue weighted by atomic mass is 19.1. The first-order valence-corrected chi connectivity index (χ1v) is 8.04. The van der Waals surface area contributed by atoms with Crippen LogP contribution in [0, 0.1) is 5.82 Å². The summed E-state index contributed by atoms with van der Waals surface area (Å²) < 4.78 is 17.9. The Morgan fingerprint density at radius 3 is 2.43 bits per heavy atom. The van der Waals surface area contributed by atoms with E-state index in [0.29, 0.717) is 45.6 Å². The molecule has 1 aromatic rings. The Bertz CT molecular complexity index is 533. The molecule has 1 aromatic carbocycles. The molecule has 23 heavy (non-hydrogen) atoms. The van der Waals surface area contributed by atoms with Gasteiger partial charge in [-0.05, 0) is 37.5 Å². The number of benzene rings is 1. The van der Waals surface area contributed by atoms with E-state index in [1.165, 1.54) is 12.1 Å². The molecule has 2 rings (SSSR count). The molecule has 1 saturated heterocycles. The summed E-state index contributed by atoms with van der Waals surface area (Å²) in [7, 11) is 0. The molecular formula is C17H23FN2O3. The molecule has 1 heterocycles. The van der Waals surface area contributed by atoms with E-state index < -0.39 is 0 Å². The molecule has 0 N–H and O–H groups in total. The molecule has 1 aliphatic rings. The first-order valence-electron chi connectivity index (χ1n) is 8.04. The number of hydrogen-bond donors (Lipinski definition) is 0. The minimum atomic E-state index is -0.312. The Kier molecular flexibility index (Phi) is 6.38. The average Bonchev–Trinajstić information content (AvgIpc) is 2.80. The summed E-state index contributed by atoms with van der Waals surface area (Å²) in [4.78, 5) is 27.5. The zero-order valence-corrected chi connectivity index (χ0v) is 13.5. The second kappa shape index (κ2) is 8.50. The molecule has 6 heteroatoms. The molecule has 0 unspecified atom stereocenters. The van der Waals surface area contributed by atoms with Crippen LogP contribution in [0.5, 0.6) is 0 Å². The lowest BCUT2D eigenvalue weighted by molar-refractivity contribution is -0.131. The number of carbonyl (C=O) groups excluding carboxylic acids is 2. The van der Waals surface area contributed by atoms with Crippen LogP contribution in [0.25, 0.3) is 0 Å². The van der Waals surface area contributed by atoms with Crippen LogP contribution in [0.15, 0.2) is 24.3 Å². The smallest absolute Gasteiger partial charge is 0.409 e. The molecule has 0 atom stereocenters. The van der Waals surface area contributed by atoms with Crippen molar-refractivity contribution in [3.63, 3.8) is 0 Å². The molecule has 5 nitrogen and oxygen atoms in total. The highest BCUT2D eigenvalue weighted by molar-refractivity contribution is 5.76. The second-order valence-corrected chi connectivity index (χ2v) is 5.55. The van der Waals surface area contributed by atoms with E-state index >= 15 is 0 Å². The molecule has 0 aliphatic carbocycles. The van der Waals surface area contributed by atoms with Crippen molar-refractivity contribution < 1.29 is 18.7 Å². The van der Waals surface area contributed by atoms with Gasteiger partial charge in [0.05, 0.1) is 6.61 Å². The van der Waals surface area contributed by atoms with E-state index in [-0.39, 0.29) is 17.8 Å². The maximum absolute atomic E-state index is 12.9. The SMILES string of the molecule is CCOC(=O)N1CCCN(C(=O)CCc2ccc(F)cc2)CC1. The van der Waals surface area contributed by atoms with Crippen LogP contribution in [-0.4, -0.2) is 54.6 Å². The Hall–Kier alpha value is -2.11. The third-order valence-corrected chi connectivity index (χ3v) is 3.92. The number of carbonyl (C=O) groups is 2. The van der Waals surface area contributed by atoms with Crippen molar-refractivity contribution in [2.75, 3.05) is 32.8 Å². The molecule has 126 valence electrons. The van der Waals surface area contributed by atoms with Gasteiger partial charge in [0.2, 0.25) is 5.91 Å². The normalized spacial score (nSPS) is 15.2. The predicted molar refractivity (Wildman–Crippen MR) is 84.5 cm³/mol. The van der Waals surface area contributed by atoms with Crippen molar-refractivity contribution >= 4 is 12.0 Å². The van der Waals surface area contributed by atoms with Crippen LogP contribution in [-0.2, 0) is 16.0 Å². The summed E-state index contributed by atoms with van der Waals surface area (Å²) in [5.41, 5.74) is 0.947. The summed E-state index contributed by atoms with van der Waals surface area (Å²) in [6, 6.07) is 6.22. The van der Waals surface area contributed by atoms with Crippen LogP contribution in [0.1, 0.15) is 25.3 Å². The monoisotopic (exact) mass is 322 g/mol. The third kappa shape index (κ3) is 5.23. The van der Waals surface area contributed by atoms with Gasteiger partial charge in [0.25, 0.3) is 0 Å². The van der Waals surface area contributed by atoms with Crippen molar-refractivity contribution in [2.45, 2.75) is 26.2 Å². The quantitative estimate of drug-likeness (QED) is 0.855. The van der Waals surface area contributed by atoms with Crippen LogP contribution < -0.4 is 0 Å². The van der Waals surface area contributed by atoms with E-state index in [2.05, 4.69) is 0 Å². The van der Waals surface area contributed by atoms with Gasteiger partial charge in [-0.3, -0.25) is 4.79 Å². The molecule has 0 bridgehead atoms. The van der Waals surface area contributed by atoms with Gasteiger partial charge in [-0.25, -0.2) is 9.18 Å². The van der Waals surface area contributed by atoms with Crippen molar-refractivity contribution in [1.82, 2.24) is 9.80 Å². The van der Waals surface area contributed by atoms with Crippen LogP contribution in [0.3, 0.4) is 0 Å². The van der Waals surface area contributed by atoms with Gasteiger partial charge in [0, 0.05) is 32.6 Å². The molecule has 1 fully saturated rings. The zero-order valence-electron chi connectivity index (χ0n) is 13.5. The Morgan fingerprint density at radius 1 is 1.09 bits per heavy atom. The number of ether oxygens (including phenoxy) is 1. The lowest BCUT2D eigenvalue weighted by Gasteiger charge is -2.21. The fourth-order valence-corrected chi connectivity index (χ4v) is 2.62. The second-order valence-electron chi connectivity index (χ2n) is 5.55. The van der Waals surface area contributed by atoms with Gasteiger partial charge in [-0.1, -0.05) is 12.1 Å². The van der Waals surface area contributed by atoms with Crippen molar-refractivity contribution in [3.8, 4) is 0 Å². The van der Waals surface area contributed by atoms with Gasteiger partial charge in [0.15, 0.2) is 0 Å². The maximum atomic E-state index is 12.9. The Morgan fingerprint density at radius 2 is 1.74 bits per heavy atom. The maximum Gasteiger partial charge on any atom is 0.409 e. The molecule has 2 amide bonds. The van der Waals surface area contributed by atoms with Crippen molar-refractivity contribution in [1.29, 1.82) is 0 Å². The minimum absolute atomic E-state index is 0.0695. The van der Waals surface area contributed by atoms with Crippen LogP contribution in [0.4, 0.5) is 9.18 Å². The van der Waals surface area contributed by atoms with Crippen molar-refractivity contribution in [3.05, 3.63) is 35.6 Å². The number of nitrogens with zero attached hydrogens (tertiary/aromatic N) is 2. The van der Waals surface area contributed by atoms with E-state index in [1.54, 1.807) is 28.9 Å². The molecule has 0 radical (unpaired) electrons. The van der Waals surface area contributed by atoms with Gasteiger partial charge in [-0.15, -0.1) is 0 Å². The number of aryl methyl sites for hydroxylation is 1. The summed E-state index contributed by atoms with van der Waals surface area (Å²) in [6.07, 6.45) is 1.43. The topological polar surface area (TPSA) is 49.9 Å². The lowest BCUT2D eigenvalue weighted by atomic mass is 10.1. The first-order chi connectivity index (χ1) is 11.1. The van der Waals surface area contributed by atoms with Gasteiger partial charge in [-0.2, -0.15) is 0 Å². The summed E-state index contributed by atoms with van der Waals surface area (Å²) in [5.74, 6) is -0.202. The standard InChI is InChI=1S/C17H23FN2O3/c1-2-23-17(22)20-11-3-10-19(12-13-20)16(21)9-6-14-4-7-15(18)8-5-14/h4-5,7-8H,2-3,6,9-13H2,1H3. The summed E-state index contributed by atoms with van der Waals surface area (Å²) in [5, 5.41) is 0. The lowest BCUT2D eigenvalue weighted by Crippen LogP contribution is -2.37. The van der Waals surface area contributed by atoms with Gasteiger partial charge >= 0.3 is 6.09 Å². The van der Waals surface area contributed by atoms with E-state index in [1.807, 2.05) is 0 Å². The zero-order chi connectivity index (χ0) is 16.7. The summed E-state index contributed by atoms with van der Waals surface area (Å²) >= 11 is 0. The average molecular weight is 322 g/mol. The van der Waals surface area contributed by atoms with Crippen molar-refractivity contribution in [2.24, 2.45) is 0 Å². The number of hydrogen-bond acceptors (Lipinski definition) is 3. The predicted octanol–water partition coefficient (Wildman–Crippen LogP) is 2.45. The Labute approximate surface area is 136 Å². The van der Waals surface area contributed by atoms with Crippen LogP contribution >= 0.6 is 0 Å². The molecule has 1 aliphatic heterocycles. The first kappa shape index (κ1) is 17.2. The number of rotatable bonds is 4.